The maximum absolute atomic E-state index is 12.0. The zero-order valence-electron chi connectivity index (χ0n) is 9.91. The van der Waals surface area contributed by atoms with Crippen LogP contribution in [0.4, 0.5) is 14.5 Å². The lowest BCUT2D eigenvalue weighted by Gasteiger charge is -2.04. The molecule has 0 fully saturated rings. The van der Waals surface area contributed by atoms with E-state index in [2.05, 4.69) is 5.32 Å². The smallest absolute Gasteiger partial charge is 0.284 e. The molecule has 19 heavy (non-hydrogen) atoms. The van der Waals surface area contributed by atoms with Crippen LogP contribution in [0.15, 0.2) is 40.8 Å². The van der Waals surface area contributed by atoms with Crippen molar-refractivity contribution < 1.29 is 13.2 Å². The van der Waals surface area contributed by atoms with Gasteiger partial charge in [-0.25, -0.2) is 0 Å². The van der Waals surface area contributed by atoms with Gasteiger partial charge in [-0.1, -0.05) is 23.4 Å². The highest BCUT2D eigenvalue weighted by Gasteiger charge is 2.07. The van der Waals surface area contributed by atoms with Gasteiger partial charge in [-0.2, -0.15) is 8.78 Å². The maximum atomic E-state index is 12.0. The van der Waals surface area contributed by atoms with Crippen LogP contribution in [-0.2, 0) is 12.3 Å². The SMILES string of the molecule is FC(F)SCc1ccc(CNc2ccc(Cl)cc2)o1. The number of nitrogens with one attached hydrogen (secondary N) is 1. The summed E-state index contributed by atoms with van der Waals surface area (Å²) in [7, 11) is 0. The highest BCUT2D eigenvalue weighted by atomic mass is 35.5. The second-order valence-electron chi connectivity index (χ2n) is 3.80. The van der Waals surface area contributed by atoms with Gasteiger partial charge in [-0.15, -0.1) is 0 Å². The van der Waals surface area contributed by atoms with Gasteiger partial charge in [-0.05, 0) is 36.4 Å². The summed E-state index contributed by atoms with van der Waals surface area (Å²) in [6.07, 6.45) is 0. The van der Waals surface area contributed by atoms with Crippen LogP contribution in [0, 0.1) is 0 Å². The van der Waals surface area contributed by atoms with Crippen LogP contribution in [0.25, 0.3) is 0 Å². The summed E-state index contributed by atoms with van der Waals surface area (Å²) in [5, 5.41) is 3.83. The van der Waals surface area contributed by atoms with Gasteiger partial charge in [0.05, 0.1) is 12.3 Å². The van der Waals surface area contributed by atoms with Crippen molar-refractivity contribution in [2.45, 2.75) is 18.1 Å². The van der Waals surface area contributed by atoms with E-state index in [4.69, 9.17) is 16.0 Å². The summed E-state index contributed by atoms with van der Waals surface area (Å²) >= 11 is 6.33. The first-order valence-electron chi connectivity index (χ1n) is 5.60. The first-order chi connectivity index (χ1) is 9.13. The Kier molecular flexibility index (Phi) is 5.10. The van der Waals surface area contributed by atoms with E-state index in [1.807, 2.05) is 12.1 Å². The molecule has 2 aromatic rings. The quantitative estimate of drug-likeness (QED) is 0.813. The number of halogens is 3. The molecule has 0 amide bonds. The van der Waals surface area contributed by atoms with Crippen molar-refractivity contribution >= 4 is 29.1 Å². The molecule has 0 radical (unpaired) electrons. The first kappa shape index (κ1) is 14.2. The monoisotopic (exact) mass is 303 g/mol. The Morgan fingerprint density at radius 1 is 1.11 bits per heavy atom. The second-order valence-corrected chi connectivity index (χ2v) is 5.21. The Morgan fingerprint density at radius 2 is 1.79 bits per heavy atom. The molecule has 2 rings (SSSR count). The van der Waals surface area contributed by atoms with Crippen LogP contribution < -0.4 is 5.32 Å². The van der Waals surface area contributed by atoms with E-state index in [1.165, 1.54) is 0 Å². The third-order valence-electron chi connectivity index (χ3n) is 2.38. The van der Waals surface area contributed by atoms with Gasteiger partial charge < -0.3 is 9.73 Å². The van der Waals surface area contributed by atoms with E-state index in [1.54, 1.807) is 24.3 Å². The minimum atomic E-state index is -2.37. The molecule has 1 heterocycles. The fraction of sp³-hybridized carbons (Fsp3) is 0.231. The number of hydrogen-bond acceptors (Lipinski definition) is 3. The van der Waals surface area contributed by atoms with Crippen LogP contribution in [0.3, 0.4) is 0 Å². The van der Waals surface area contributed by atoms with E-state index < -0.39 is 5.76 Å². The molecule has 2 nitrogen and oxygen atoms in total. The normalized spacial score (nSPS) is 10.9. The van der Waals surface area contributed by atoms with Crippen molar-refractivity contribution in [3.8, 4) is 0 Å². The lowest BCUT2D eigenvalue weighted by molar-refractivity contribution is 0.251. The van der Waals surface area contributed by atoms with Crippen molar-refractivity contribution in [3.63, 3.8) is 0 Å². The van der Waals surface area contributed by atoms with Crippen molar-refractivity contribution in [2.24, 2.45) is 0 Å². The van der Waals surface area contributed by atoms with Crippen LogP contribution in [-0.4, -0.2) is 5.76 Å². The van der Waals surface area contributed by atoms with Gasteiger partial charge in [-0.3, -0.25) is 0 Å². The van der Waals surface area contributed by atoms with E-state index in [0.717, 1.165) is 5.69 Å². The Balaban J connectivity index is 1.84. The predicted molar refractivity (Wildman–Crippen MR) is 74.8 cm³/mol. The Hall–Kier alpha value is -1.20. The largest absolute Gasteiger partial charge is 0.463 e. The average Bonchev–Trinajstić information content (AvgIpc) is 2.84. The van der Waals surface area contributed by atoms with Crippen molar-refractivity contribution in [1.82, 2.24) is 0 Å². The zero-order chi connectivity index (χ0) is 13.7. The van der Waals surface area contributed by atoms with Crippen LogP contribution in [0.1, 0.15) is 11.5 Å². The second kappa shape index (κ2) is 6.82. The highest BCUT2D eigenvalue weighted by Crippen LogP contribution is 2.21. The molecular formula is C13H12ClF2NOS. The van der Waals surface area contributed by atoms with Gasteiger partial charge in [0.15, 0.2) is 0 Å². The van der Waals surface area contributed by atoms with E-state index in [9.17, 15) is 8.78 Å². The molecule has 0 aliphatic rings. The molecule has 0 atom stereocenters. The Bertz CT molecular complexity index is 516. The van der Waals surface area contributed by atoms with Crippen LogP contribution >= 0.6 is 23.4 Å². The molecule has 0 aliphatic heterocycles. The standard InChI is InChI=1S/C13H12ClF2NOS/c14-9-1-3-10(4-2-9)17-7-11-5-6-12(18-11)8-19-13(15)16/h1-6,13,17H,7-8H2. The van der Waals surface area contributed by atoms with E-state index >= 15 is 0 Å². The zero-order valence-corrected chi connectivity index (χ0v) is 11.5. The number of alkyl halides is 2. The van der Waals surface area contributed by atoms with Gasteiger partial charge in [0.2, 0.25) is 0 Å². The fourth-order valence-corrected chi connectivity index (χ4v) is 2.07. The van der Waals surface area contributed by atoms with Gasteiger partial charge in [0.1, 0.15) is 11.5 Å². The molecule has 0 unspecified atom stereocenters. The lowest BCUT2D eigenvalue weighted by atomic mass is 10.3. The lowest BCUT2D eigenvalue weighted by Crippen LogP contribution is -1.97. The number of hydrogen-bond donors (Lipinski definition) is 1. The molecule has 0 saturated carbocycles. The summed E-state index contributed by atoms with van der Waals surface area (Å²) in [5.41, 5.74) is 0.921. The van der Waals surface area contributed by atoms with Gasteiger partial charge in [0.25, 0.3) is 5.76 Å². The molecule has 102 valence electrons. The summed E-state index contributed by atoms with van der Waals surface area (Å²) < 4.78 is 29.5. The highest BCUT2D eigenvalue weighted by molar-refractivity contribution is 7.98. The third-order valence-corrected chi connectivity index (χ3v) is 3.33. The van der Waals surface area contributed by atoms with Gasteiger partial charge in [0, 0.05) is 10.7 Å². The summed E-state index contributed by atoms with van der Waals surface area (Å²) in [6.45, 7) is 0.501. The third kappa shape index (κ3) is 4.76. The molecule has 0 bridgehead atoms. The van der Waals surface area contributed by atoms with Crippen molar-refractivity contribution in [1.29, 1.82) is 0 Å². The molecule has 0 spiro atoms. The van der Waals surface area contributed by atoms with Gasteiger partial charge >= 0.3 is 0 Å². The summed E-state index contributed by atoms with van der Waals surface area (Å²) in [6, 6.07) is 10.8. The molecule has 0 aliphatic carbocycles. The Labute approximate surface area is 119 Å². The number of anilines is 1. The van der Waals surface area contributed by atoms with Crippen molar-refractivity contribution in [3.05, 3.63) is 52.9 Å². The number of thioether (sulfide) groups is 1. The average molecular weight is 304 g/mol. The summed E-state index contributed by atoms with van der Waals surface area (Å²) in [5.74, 6) is -0.933. The molecule has 6 heteroatoms. The number of furan rings is 1. The number of benzene rings is 1. The minimum absolute atomic E-state index is 0.179. The van der Waals surface area contributed by atoms with Crippen LogP contribution in [0.2, 0.25) is 5.02 Å². The molecule has 0 saturated heterocycles. The van der Waals surface area contributed by atoms with E-state index in [0.29, 0.717) is 34.8 Å². The fourth-order valence-electron chi connectivity index (χ4n) is 1.50. The van der Waals surface area contributed by atoms with E-state index in [-0.39, 0.29) is 5.75 Å². The molecular weight excluding hydrogens is 292 g/mol. The molecule has 1 N–H and O–H groups in total. The topological polar surface area (TPSA) is 25.2 Å². The maximum Gasteiger partial charge on any atom is 0.284 e. The first-order valence-corrected chi connectivity index (χ1v) is 7.03. The van der Waals surface area contributed by atoms with Crippen molar-refractivity contribution in [2.75, 3.05) is 5.32 Å². The Morgan fingerprint density at radius 3 is 2.47 bits per heavy atom. The number of rotatable bonds is 6. The molecule has 1 aromatic heterocycles. The minimum Gasteiger partial charge on any atom is -0.463 e. The van der Waals surface area contributed by atoms with Crippen LogP contribution in [0.5, 0.6) is 0 Å². The predicted octanol–water partition coefficient (Wildman–Crippen LogP) is 5.00. The molecule has 1 aromatic carbocycles. The summed E-state index contributed by atoms with van der Waals surface area (Å²) in [4.78, 5) is 0.